The van der Waals surface area contributed by atoms with Gasteiger partial charge in [0.05, 0.1) is 0 Å². The number of ether oxygens (including phenoxy) is 1. The summed E-state index contributed by atoms with van der Waals surface area (Å²) in [6.07, 6.45) is 0. The Bertz CT molecular complexity index is 488. The summed E-state index contributed by atoms with van der Waals surface area (Å²) in [4.78, 5) is 4.03. The molecule has 1 aromatic carbocycles. The largest absolute Gasteiger partial charge is 0.473 e. The number of nitrogens with two attached hydrogens (primary N) is 1. The van der Waals surface area contributed by atoms with Crippen molar-refractivity contribution >= 4 is 17.4 Å². The van der Waals surface area contributed by atoms with Gasteiger partial charge in [-0.15, -0.1) is 0 Å². The Morgan fingerprint density at radius 3 is 2.69 bits per heavy atom. The summed E-state index contributed by atoms with van der Waals surface area (Å²) >= 11 is 6.00. The molecule has 0 radical (unpaired) electrons. The van der Waals surface area contributed by atoms with Gasteiger partial charge in [0.1, 0.15) is 12.4 Å². The summed E-state index contributed by atoms with van der Waals surface area (Å²) in [6, 6.07) is 12.8. The third-order valence-electron chi connectivity index (χ3n) is 2.08. The molecule has 82 valence electrons. The lowest BCUT2D eigenvalue weighted by Crippen LogP contribution is -1.99. The highest BCUT2D eigenvalue weighted by atomic mass is 35.5. The number of hydrogen-bond donors (Lipinski definition) is 1. The van der Waals surface area contributed by atoms with Crippen LogP contribution in [0.15, 0.2) is 42.5 Å². The number of nitrogen functional groups attached to an aromatic ring is 1. The number of benzene rings is 1. The minimum absolute atomic E-state index is 0.385. The zero-order chi connectivity index (χ0) is 11.4. The van der Waals surface area contributed by atoms with E-state index < -0.39 is 0 Å². The van der Waals surface area contributed by atoms with Crippen molar-refractivity contribution in [3.8, 4) is 5.88 Å². The normalized spacial score (nSPS) is 10.1. The highest BCUT2D eigenvalue weighted by Gasteiger charge is 2.01. The van der Waals surface area contributed by atoms with Crippen LogP contribution in [-0.4, -0.2) is 4.98 Å². The molecule has 0 saturated heterocycles. The summed E-state index contributed by atoms with van der Waals surface area (Å²) < 4.78 is 5.48. The molecule has 0 spiro atoms. The fourth-order valence-electron chi connectivity index (χ4n) is 1.28. The van der Waals surface area contributed by atoms with E-state index in [4.69, 9.17) is 22.1 Å². The first-order chi connectivity index (χ1) is 7.75. The average Bonchev–Trinajstić information content (AvgIpc) is 2.28. The second-order valence-corrected chi connectivity index (χ2v) is 3.69. The van der Waals surface area contributed by atoms with Gasteiger partial charge in [0, 0.05) is 16.7 Å². The number of anilines is 1. The van der Waals surface area contributed by atoms with Gasteiger partial charge in [-0.25, -0.2) is 0 Å². The van der Waals surface area contributed by atoms with Crippen molar-refractivity contribution in [3.05, 3.63) is 53.1 Å². The van der Waals surface area contributed by atoms with Gasteiger partial charge < -0.3 is 10.5 Å². The van der Waals surface area contributed by atoms with Crippen LogP contribution in [0, 0.1) is 0 Å². The monoisotopic (exact) mass is 234 g/mol. The Labute approximate surface area is 98.8 Å². The van der Waals surface area contributed by atoms with Crippen molar-refractivity contribution < 1.29 is 4.74 Å². The van der Waals surface area contributed by atoms with E-state index in [1.54, 1.807) is 18.2 Å². The van der Waals surface area contributed by atoms with Gasteiger partial charge in [-0.1, -0.05) is 35.9 Å². The Morgan fingerprint density at radius 1 is 1.12 bits per heavy atom. The molecule has 0 unspecified atom stereocenters. The standard InChI is InChI=1S/C12H11ClN2O/c13-10-5-2-1-4-9(10)8-16-12-7-3-6-11(14)15-12/h1-7H,8H2,(H2,14,15). The molecule has 4 heteroatoms. The van der Waals surface area contributed by atoms with Crippen molar-refractivity contribution in [1.82, 2.24) is 4.98 Å². The summed E-state index contributed by atoms with van der Waals surface area (Å²) in [7, 11) is 0. The third kappa shape index (κ3) is 2.64. The predicted molar refractivity (Wildman–Crippen MR) is 64.4 cm³/mol. The summed E-state index contributed by atoms with van der Waals surface area (Å²) in [5.74, 6) is 0.941. The van der Waals surface area contributed by atoms with Crippen LogP contribution in [0.2, 0.25) is 5.02 Å². The second-order valence-electron chi connectivity index (χ2n) is 3.28. The van der Waals surface area contributed by atoms with E-state index >= 15 is 0 Å². The predicted octanol–water partition coefficient (Wildman–Crippen LogP) is 2.90. The lowest BCUT2D eigenvalue weighted by atomic mass is 10.2. The molecule has 0 aliphatic carbocycles. The summed E-state index contributed by atoms with van der Waals surface area (Å²) in [5, 5.41) is 0.686. The van der Waals surface area contributed by atoms with E-state index in [0.717, 1.165) is 5.56 Å². The molecular formula is C12H11ClN2O. The second kappa shape index (κ2) is 4.86. The minimum Gasteiger partial charge on any atom is -0.473 e. The Hall–Kier alpha value is -1.74. The van der Waals surface area contributed by atoms with Gasteiger partial charge in [-0.05, 0) is 12.1 Å². The molecule has 0 aliphatic heterocycles. The molecule has 2 aromatic rings. The van der Waals surface area contributed by atoms with Crippen LogP contribution in [0.4, 0.5) is 5.82 Å². The molecule has 3 nitrogen and oxygen atoms in total. The lowest BCUT2D eigenvalue weighted by Gasteiger charge is -2.06. The number of aromatic nitrogens is 1. The maximum absolute atomic E-state index is 6.00. The maximum Gasteiger partial charge on any atom is 0.215 e. The quantitative estimate of drug-likeness (QED) is 0.888. The van der Waals surface area contributed by atoms with Crippen LogP contribution < -0.4 is 10.5 Å². The van der Waals surface area contributed by atoms with Gasteiger partial charge in [-0.2, -0.15) is 4.98 Å². The van der Waals surface area contributed by atoms with Crippen LogP contribution in [-0.2, 0) is 6.61 Å². The molecule has 2 N–H and O–H groups in total. The van der Waals surface area contributed by atoms with Crippen LogP contribution in [0.1, 0.15) is 5.56 Å². The van der Waals surface area contributed by atoms with E-state index in [0.29, 0.717) is 23.3 Å². The Balaban J connectivity index is 2.05. The molecule has 0 aliphatic rings. The number of nitrogens with zero attached hydrogens (tertiary/aromatic N) is 1. The molecule has 2 rings (SSSR count). The summed E-state index contributed by atoms with van der Waals surface area (Å²) in [6.45, 7) is 0.385. The van der Waals surface area contributed by atoms with E-state index in [1.165, 1.54) is 0 Å². The van der Waals surface area contributed by atoms with Crippen molar-refractivity contribution in [2.24, 2.45) is 0 Å². The summed E-state index contributed by atoms with van der Waals surface area (Å²) in [5.41, 5.74) is 6.46. The van der Waals surface area contributed by atoms with Crippen molar-refractivity contribution in [3.63, 3.8) is 0 Å². The zero-order valence-electron chi connectivity index (χ0n) is 8.56. The van der Waals surface area contributed by atoms with E-state index in [2.05, 4.69) is 4.98 Å². The average molecular weight is 235 g/mol. The zero-order valence-corrected chi connectivity index (χ0v) is 9.32. The molecule has 0 fully saturated rings. The van der Waals surface area contributed by atoms with Gasteiger partial charge in [0.15, 0.2) is 0 Å². The minimum atomic E-state index is 0.385. The SMILES string of the molecule is Nc1cccc(OCc2ccccc2Cl)n1. The number of hydrogen-bond acceptors (Lipinski definition) is 3. The third-order valence-corrected chi connectivity index (χ3v) is 2.45. The van der Waals surface area contributed by atoms with Crippen LogP contribution >= 0.6 is 11.6 Å². The van der Waals surface area contributed by atoms with Gasteiger partial charge in [0.2, 0.25) is 5.88 Å². The topological polar surface area (TPSA) is 48.1 Å². The fraction of sp³-hybridized carbons (Fsp3) is 0.0833. The van der Waals surface area contributed by atoms with Gasteiger partial charge in [-0.3, -0.25) is 0 Å². The highest BCUT2D eigenvalue weighted by molar-refractivity contribution is 6.31. The molecule has 1 heterocycles. The van der Waals surface area contributed by atoms with Gasteiger partial charge in [0.25, 0.3) is 0 Å². The smallest absolute Gasteiger partial charge is 0.215 e. The first-order valence-electron chi connectivity index (χ1n) is 4.84. The number of halogens is 1. The van der Waals surface area contributed by atoms with Crippen molar-refractivity contribution in [1.29, 1.82) is 0 Å². The molecule has 0 saturated carbocycles. The molecule has 16 heavy (non-hydrogen) atoms. The lowest BCUT2D eigenvalue weighted by molar-refractivity contribution is 0.294. The van der Waals surface area contributed by atoms with E-state index in [9.17, 15) is 0 Å². The van der Waals surface area contributed by atoms with E-state index in [1.807, 2.05) is 24.3 Å². The molecule has 1 aromatic heterocycles. The molecular weight excluding hydrogens is 224 g/mol. The maximum atomic E-state index is 6.00. The van der Waals surface area contributed by atoms with E-state index in [-0.39, 0.29) is 0 Å². The Kier molecular flexibility index (Phi) is 3.27. The van der Waals surface area contributed by atoms with Crippen molar-refractivity contribution in [2.45, 2.75) is 6.61 Å². The fourth-order valence-corrected chi connectivity index (χ4v) is 1.47. The van der Waals surface area contributed by atoms with Crippen LogP contribution in [0.5, 0.6) is 5.88 Å². The molecule has 0 amide bonds. The Morgan fingerprint density at radius 2 is 1.94 bits per heavy atom. The van der Waals surface area contributed by atoms with Crippen LogP contribution in [0.3, 0.4) is 0 Å². The van der Waals surface area contributed by atoms with Crippen LogP contribution in [0.25, 0.3) is 0 Å². The van der Waals surface area contributed by atoms with Crippen molar-refractivity contribution in [2.75, 3.05) is 5.73 Å². The first-order valence-corrected chi connectivity index (χ1v) is 5.22. The first kappa shape index (κ1) is 10.8. The molecule has 0 atom stereocenters. The number of pyridine rings is 1. The highest BCUT2D eigenvalue weighted by Crippen LogP contribution is 2.17. The molecule has 0 bridgehead atoms. The number of rotatable bonds is 3. The van der Waals surface area contributed by atoms with Gasteiger partial charge >= 0.3 is 0 Å².